The van der Waals surface area contributed by atoms with Crippen LogP contribution >= 0.6 is 11.3 Å². The third-order valence-corrected chi connectivity index (χ3v) is 4.17. The molecule has 1 aromatic heterocycles. The summed E-state index contributed by atoms with van der Waals surface area (Å²) in [7, 11) is 0. The molecule has 0 atom stereocenters. The van der Waals surface area contributed by atoms with Crippen molar-refractivity contribution in [2.75, 3.05) is 13.2 Å². The van der Waals surface area contributed by atoms with Crippen molar-refractivity contribution in [3.63, 3.8) is 0 Å². The van der Waals surface area contributed by atoms with E-state index < -0.39 is 0 Å². The third-order valence-electron chi connectivity index (χ3n) is 3.27. The summed E-state index contributed by atoms with van der Waals surface area (Å²) >= 11 is 1.72. The summed E-state index contributed by atoms with van der Waals surface area (Å²) in [5.41, 5.74) is 1.08. The highest BCUT2D eigenvalue weighted by Gasteiger charge is 2.16. The van der Waals surface area contributed by atoms with E-state index in [0.717, 1.165) is 36.3 Å². The average Bonchev–Trinajstić information content (AvgIpc) is 2.71. The van der Waals surface area contributed by atoms with Gasteiger partial charge in [0.15, 0.2) is 0 Å². The van der Waals surface area contributed by atoms with Gasteiger partial charge in [-0.25, -0.2) is 4.98 Å². The zero-order valence-corrected chi connectivity index (χ0v) is 11.4. The molecule has 1 aromatic rings. The highest BCUT2D eigenvalue weighted by Crippen LogP contribution is 2.29. The van der Waals surface area contributed by atoms with Crippen molar-refractivity contribution in [3.05, 3.63) is 16.1 Å². The molecule has 0 spiro atoms. The van der Waals surface area contributed by atoms with E-state index in [9.17, 15) is 0 Å². The Bertz CT molecular complexity index is 323. The topological polar surface area (TPSA) is 34.2 Å². The Morgan fingerprint density at radius 1 is 1.53 bits per heavy atom. The molecule has 4 heteroatoms. The third kappa shape index (κ3) is 4.37. The highest BCUT2D eigenvalue weighted by molar-refractivity contribution is 7.09. The normalized spacial score (nSPS) is 16.1. The average molecular weight is 254 g/mol. The van der Waals surface area contributed by atoms with Gasteiger partial charge in [-0.05, 0) is 18.9 Å². The van der Waals surface area contributed by atoms with Gasteiger partial charge in [0, 0.05) is 18.5 Å². The molecule has 1 heterocycles. The van der Waals surface area contributed by atoms with Gasteiger partial charge in [-0.3, -0.25) is 0 Å². The Hall–Kier alpha value is -0.450. The van der Waals surface area contributed by atoms with Crippen LogP contribution in [0.15, 0.2) is 5.38 Å². The number of ether oxygens (including phenoxy) is 1. The number of nitrogens with zero attached hydrogens (tertiary/aromatic N) is 1. The van der Waals surface area contributed by atoms with E-state index in [2.05, 4.69) is 22.6 Å². The molecule has 1 aliphatic rings. The van der Waals surface area contributed by atoms with Crippen LogP contribution < -0.4 is 5.32 Å². The van der Waals surface area contributed by atoms with Crippen LogP contribution in [0, 0.1) is 5.92 Å². The van der Waals surface area contributed by atoms with Gasteiger partial charge < -0.3 is 10.1 Å². The summed E-state index contributed by atoms with van der Waals surface area (Å²) in [6, 6.07) is 0. The first-order valence-corrected chi connectivity index (χ1v) is 7.48. The Morgan fingerprint density at radius 2 is 2.41 bits per heavy atom. The minimum Gasteiger partial charge on any atom is -0.375 e. The molecule has 17 heavy (non-hydrogen) atoms. The smallest absolute Gasteiger partial charge is 0.107 e. The van der Waals surface area contributed by atoms with Gasteiger partial charge in [0.2, 0.25) is 0 Å². The summed E-state index contributed by atoms with van der Waals surface area (Å²) in [4.78, 5) is 4.53. The fourth-order valence-corrected chi connectivity index (χ4v) is 2.68. The molecule has 0 aliphatic heterocycles. The second-order valence-corrected chi connectivity index (χ2v) is 5.59. The van der Waals surface area contributed by atoms with Crippen molar-refractivity contribution in [3.8, 4) is 0 Å². The van der Waals surface area contributed by atoms with E-state index in [-0.39, 0.29) is 0 Å². The zero-order chi connectivity index (χ0) is 11.9. The minimum absolute atomic E-state index is 0.676. The van der Waals surface area contributed by atoms with Crippen molar-refractivity contribution in [1.82, 2.24) is 10.3 Å². The van der Waals surface area contributed by atoms with Crippen molar-refractivity contribution < 1.29 is 4.74 Å². The predicted molar refractivity (Wildman–Crippen MR) is 71.1 cm³/mol. The predicted octanol–water partition coefficient (Wildman–Crippen LogP) is 2.96. The van der Waals surface area contributed by atoms with E-state index in [0.29, 0.717) is 6.61 Å². The lowest BCUT2D eigenvalue weighted by Gasteiger charge is -2.24. The Balaban J connectivity index is 1.59. The second kappa shape index (κ2) is 7.09. The molecule has 0 bridgehead atoms. The molecule has 96 valence electrons. The Labute approximate surface area is 108 Å². The Kier molecular flexibility index (Phi) is 5.42. The molecule has 0 amide bonds. The van der Waals surface area contributed by atoms with Crippen LogP contribution in [-0.4, -0.2) is 18.1 Å². The summed E-state index contributed by atoms with van der Waals surface area (Å²) < 4.78 is 5.67. The SMILES string of the molecule is CCNCc1nc(COCCC2CCC2)cs1. The van der Waals surface area contributed by atoms with E-state index in [1.54, 1.807) is 11.3 Å². The van der Waals surface area contributed by atoms with Gasteiger partial charge in [-0.1, -0.05) is 26.2 Å². The standard InChI is InChI=1S/C13H22N2OS/c1-2-14-8-13-15-12(10-17-13)9-16-7-6-11-4-3-5-11/h10-11,14H,2-9H2,1H3. The molecule has 0 saturated heterocycles. The molecule has 2 rings (SSSR count). The molecule has 1 saturated carbocycles. The molecule has 3 nitrogen and oxygen atoms in total. The molecule has 1 fully saturated rings. The maximum atomic E-state index is 5.67. The van der Waals surface area contributed by atoms with Gasteiger partial charge in [0.1, 0.15) is 5.01 Å². The van der Waals surface area contributed by atoms with Gasteiger partial charge in [0.25, 0.3) is 0 Å². The van der Waals surface area contributed by atoms with Gasteiger partial charge in [-0.2, -0.15) is 0 Å². The van der Waals surface area contributed by atoms with Gasteiger partial charge in [-0.15, -0.1) is 11.3 Å². The van der Waals surface area contributed by atoms with Crippen molar-refractivity contribution in [1.29, 1.82) is 0 Å². The van der Waals surface area contributed by atoms with E-state index in [4.69, 9.17) is 4.74 Å². The Morgan fingerprint density at radius 3 is 3.12 bits per heavy atom. The maximum Gasteiger partial charge on any atom is 0.107 e. The number of hydrogen-bond acceptors (Lipinski definition) is 4. The summed E-state index contributed by atoms with van der Waals surface area (Å²) in [5.74, 6) is 0.940. The fraction of sp³-hybridized carbons (Fsp3) is 0.769. The number of nitrogens with one attached hydrogen (secondary N) is 1. The van der Waals surface area contributed by atoms with Crippen LogP contribution in [0.25, 0.3) is 0 Å². The summed E-state index contributed by atoms with van der Waals surface area (Å²) in [5, 5.41) is 6.55. The molecular formula is C13H22N2OS. The molecule has 0 radical (unpaired) electrons. The van der Waals surface area contributed by atoms with Crippen molar-refractivity contribution >= 4 is 11.3 Å². The van der Waals surface area contributed by atoms with Gasteiger partial charge in [0.05, 0.1) is 12.3 Å². The van der Waals surface area contributed by atoms with Crippen LogP contribution in [0.3, 0.4) is 0 Å². The summed E-state index contributed by atoms with van der Waals surface area (Å²) in [6.45, 7) is 5.55. The van der Waals surface area contributed by atoms with Gasteiger partial charge >= 0.3 is 0 Å². The molecular weight excluding hydrogens is 232 g/mol. The lowest BCUT2D eigenvalue weighted by molar-refractivity contribution is 0.0931. The monoisotopic (exact) mass is 254 g/mol. The number of aromatic nitrogens is 1. The van der Waals surface area contributed by atoms with E-state index in [1.807, 2.05) is 0 Å². The van der Waals surface area contributed by atoms with Crippen LogP contribution in [0.2, 0.25) is 0 Å². The zero-order valence-electron chi connectivity index (χ0n) is 10.6. The van der Waals surface area contributed by atoms with Crippen LogP contribution in [0.5, 0.6) is 0 Å². The summed E-state index contributed by atoms with van der Waals surface area (Å²) in [6.07, 6.45) is 5.47. The van der Waals surface area contributed by atoms with Crippen molar-refractivity contribution in [2.45, 2.75) is 45.8 Å². The lowest BCUT2D eigenvalue weighted by atomic mass is 9.83. The van der Waals surface area contributed by atoms with Crippen LogP contribution in [-0.2, 0) is 17.9 Å². The largest absolute Gasteiger partial charge is 0.375 e. The quantitative estimate of drug-likeness (QED) is 0.724. The molecule has 1 aliphatic carbocycles. The van der Waals surface area contributed by atoms with E-state index in [1.165, 1.54) is 25.7 Å². The fourth-order valence-electron chi connectivity index (χ4n) is 1.94. The first kappa shape index (κ1) is 13.0. The number of thiazole rings is 1. The maximum absolute atomic E-state index is 5.67. The molecule has 0 unspecified atom stereocenters. The van der Waals surface area contributed by atoms with Crippen LogP contribution in [0.4, 0.5) is 0 Å². The lowest BCUT2D eigenvalue weighted by Crippen LogP contribution is -2.13. The molecule has 1 N–H and O–H groups in total. The minimum atomic E-state index is 0.676. The van der Waals surface area contributed by atoms with E-state index >= 15 is 0 Å². The number of hydrogen-bond donors (Lipinski definition) is 1. The second-order valence-electron chi connectivity index (χ2n) is 4.65. The highest BCUT2D eigenvalue weighted by atomic mass is 32.1. The van der Waals surface area contributed by atoms with Crippen LogP contribution in [0.1, 0.15) is 43.3 Å². The van der Waals surface area contributed by atoms with Crippen molar-refractivity contribution in [2.24, 2.45) is 5.92 Å². The first-order chi connectivity index (χ1) is 8.38. The first-order valence-electron chi connectivity index (χ1n) is 6.60. The molecule has 0 aromatic carbocycles. The number of rotatable bonds is 8.